The average Bonchev–Trinajstić information content (AvgIpc) is 2.42. The highest BCUT2D eigenvalue weighted by atomic mass is 19.1. The molecule has 0 saturated carbocycles. The number of hydrogen-bond acceptors (Lipinski definition) is 3. The quantitative estimate of drug-likeness (QED) is 0.792. The molecule has 2 heterocycles. The Balaban J connectivity index is 1.83. The molecule has 2 saturated heterocycles. The summed E-state index contributed by atoms with van der Waals surface area (Å²) in [5.74, 6) is -1.23. The van der Waals surface area contributed by atoms with Gasteiger partial charge in [-0.3, -0.25) is 4.90 Å². The van der Waals surface area contributed by atoms with Crippen molar-refractivity contribution < 1.29 is 8.78 Å². The number of piperidine rings is 1. The molecule has 0 aromatic heterocycles. The number of fused-ring (bicyclic) bond motifs is 1. The molecule has 19 heavy (non-hydrogen) atoms. The van der Waals surface area contributed by atoms with Crippen LogP contribution in [0.2, 0.25) is 0 Å². The Morgan fingerprint density at radius 3 is 2.79 bits per heavy atom. The Kier molecular flexibility index (Phi) is 3.31. The predicted octanol–water partition coefficient (Wildman–Crippen LogP) is 2.22. The molecule has 0 bridgehead atoms. The maximum atomic E-state index is 13.5. The van der Waals surface area contributed by atoms with Crippen LogP contribution in [0, 0.1) is 11.6 Å². The third-order valence-corrected chi connectivity index (χ3v) is 4.25. The molecule has 5 heteroatoms. The molecule has 104 valence electrons. The van der Waals surface area contributed by atoms with Crippen molar-refractivity contribution in [1.29, 1.82) is 0 Å². The van der Waals surface area contributed by atoms with Gasteiger partial charge < -0.3 is 10.6 Å². The van der Waals surface area contributed by atoms with Gasteiger partial charge in [-0.15, -0.1) is 0 Å². The molecular formula is C14H19F2N3. The second-order valence-corrected chi connectivity index (χ2v) is 5.45. The first-order valence-electron chi connectivity index (χ1n) is 6.88. The van der Waals surface area contributed by atoms with Gasteiger partial charge in [-0.2, -0.15) is 0 Å². The SMILES string of the molecule is Nc1c(F)cc(F)cc1N1CCN2CCCCC2C1. The highest BCUT2D eigenvalue weighted by Gasteiger charge is 2.30. The molecule has 3 rings (SSSR count). The van der Waals surface area contributed by atoms with Crippen molar-refractivity contribution in [2.45, 2.75) is 25.3 Å². The number of halogens is 2. The van der Waals surface area contributed by atoms with Crippen LogP contribution in [-0.2, 0) is 0 Å². The van der Waals surface area contributed by atoms with Crippen LogP contribution in [0.1, 0.15) is 19.3 Å². The molecule has 1 aromatic rings. The number of piperazine rings is 1. The summed E-state index contributed by atoms with van der Waals surface area (Å²) in [6.07, 6.45) is 3.66. The molecule has 1 atom stereocenters. The number of rotatable bonds is 1. The average molecular weight is 267 g/mol. The minimum Gasteiger partial charge on any atom is -0.395 e. The number of hydrogen-bond donors (Lipinski definition) is 1. The summed E-state index contributed by atoms with van der Waals surface area (Å²) in [7, 11) is 0. The first kappa shape index (κ1) is 12.7. The Bertz CT molecular complexity index is 478. The minimum atomic E-state index is -0.666. The van der Waals surface area contributed by atoms with Gasteiger partial charge in [-0.1, -0.05) is 6.42 Å². The second kappa shape index (κ2) is 4.96. The highest BCUT2D eigenvalue weighted by Crippen LogP contribution is 2.31. The first-order valence-corrected chi connectivity index (χ1v) is 6.88. The number of nitrogen functional groups attached to an aromatic ring is 1. The summed E-state index contributed by atoms with van der Waals surface area (Å²) < 4.78 is 26.9. The molecule has 0 amide bonds. The van der Waals surface area contributed by atoms with Crippen molar-refractivity contribution in [1.82, 2.24) is 4.90 Å². The summed E-state index contributed by atoms with van der Waals surface area (Å²) >= 11 is 0. The fraction of sp³-hybridized carbons (Fsp3) is 0.571. The molecule has 1 aromatic carbocycles. The van der Waals surface area contributed by atoms with Gasteiger partial charge in [0, 0.05) is 31.7 Å². The van der Waals surface area contributed by atoms with Crippen LogP contribution in [0.15, 0.2) is 12.1 Å². The van der Waals surface area contributed by atoms with E-state index in [9.17, 15) is 8.78 Å². The Morgan fingerprint density at radius 2 is 1.95 bits per heavy atom. The number of anilines is 2. The van der Waals surface area contributed by atoms with E-state index < -0.39 is 11.6 Å². The van der Waals surface area contributed by atoms with Gasteiger partial charge in [-0.05, 0) is 25.5 Å². The summed E-state index contributed by atoms with van der Waals surface area (Å²) in [6.45, 7) is 3.68. The third kappa shape index (κ3) is 2.39. The van der Waals surface area contributed by atoms with Crippen LogP contribution in [0.3, 0.4) is 0 Å². The monoisotopic (exact) mass is 267 g/mol. The zero-order chi connectivity index (χ0) is 13.4. The first-order chi connectivity index (χ1) is 9.15. The van der Waals surface area contributed by atoms with Gasteiger partial charge in [0.1, 0.15) is 5.82 Å². The normalized spacial score (nSPS) is 24.3. The van der Waals surface area contributed by atoms with E-state index in [1.807, 2.05) is 4.90 Å². The lowest BCUT2D eigenvalue weighted by molar-refractivity contribution is 0.133. The molecule has 0 spiro atoms. The van der Waals surface area contributed by atoms with E-state index in [-0.39, 0.29) is 5.69 Å². The maximum absolute atomic E-state index is 13.5. The summed E-state index contributed by atoms with van der Waals surface area (Å²) in [4.78, 5) is 4.50. The largest absolute Gasteiger partial charge is 0.395 e. The predicted molar refractivity (Wildman–Crippen MR) is 72.2 cm³/mol. The van der Waals surface area contributed by atoms with Crippen LogP contribution in [0.5, 0.6) is 0 Å². The maximum Gasteiger partial charge on any atom is 0.151 e. The van der Waals surface area contributed by atoms with E-state index in [0.717, 1.165) is 38.7 Å². The molecule has 2 aliphatic rings. The Morgan fingerprint density at radius 1 is 1.11 bits per heavy atom. The van der Waals surface area contributed by atoms with Gasteiger partial charge >= 0.3 is 0 Å². The fourth-order valence-corrected chi connectivity index (χ4v) is 3.21. The van der Waals surface area contributed by atoms with Gasteiger partial charge in [0.2, 0.25) is 0 Å². The van der Waals surface area contributed by atoms with Crippen molar-refractivity contribution in [3.63, 3.8) is 0 Å². The van der Waals surface area contributed by atoms with Crippen LogP contribution in [0.25, 0.3) is 0 Å². The lowest BCUT2D eigenvalue weighted by Gasteiger charge is -2.45. The van der Waals surface area contributed by atoms with Gasteiger partial charge in [-0.25, -0.2) is 8.78 Å². The molecule has 2 aliphatic heterocycles. The van der Waals surface area contributed by atoms with E-state index in [2.05, 4.69) is 4.90 Å². The van der Waals surface area contributed by atoms with Crippen LogP contribution < -0.4 is 10.6 Å². The topological polar surface area (TPSA) is 32.5 Å². The van der Waals surface area contributed by atoms with Gasteiger partial charge in [0.15, 0.2) is 5.82 Å². The molecule has 1 unspecified atom stereocenters. The second-order valence-electron chi connectivity index (χ2n) is 5.45. The molecule has 0 aliphatic carbocycles. The van der Waals surface area contributed by atoms with E-state index in [1.54, 1.807) is 0 Å². The van der Waals surface area contributed by atoms with E-state index >= 15 is 0 Å². The van der Waals surface area contributed by atoms with E-state index in [1.165, 1.54) is 18.9 Å². The zero-order valence-corrected chi connectivity index (χ0v) is 10.9. The molecular weight excluding hydrogens is 248 g/mol. The number of nitrogens with zero attached hydrogens (tertiary/aromatic N) is 2. The van der Waals surface area contributed by atoms with Crippen molar-refractivity contribution >= 4 is 11.4 Å². The molecule has 0 radical (unpaired) electrons. The summed E-state index contributed by atoms with van der Waals surface area (Å²) in [5.41, 5.74) is 6.32. The standard InChI is InChI=1S/C14H19F2N3/c15-10-7-12(16)14(17)13(8-10)19-6-5-18-4-2-1-3-11(18)9-19/h7-8,11H,1-6,9,17H2. The van der Waals surface area contributed by atoms with E-state index in [0.29, 0.717) is 11.7 Å². The highest BCUT2D eigenvalue weighted by molar-refractivity contribution is 5.68. The smallest absolute Gasteiger partial charge is 0.151 e. The van der Waals surface area contributed by atoms with Crippen molar-refractivity contribution in [3.8, 4) is 0 Å². The van der Waals surface area contributed by atoms with Crippen LogP contribution in [0.4, 0.5) is 20.2 Å². The molecule has 2 fully saturated rings. The Labute approximate surface area is 112 Å². The summed E-state index contributed by atoms with van der Waals surface area (Å²) in [5, 5.41) is 0. The number of benzene rings is 1. The van der Waals surface area contributed by atoms with Gasteiger partial charge in [0.05, 0.1) is 11.4 Å². The molecule has 3 nitrogen and oxygen atoms in total. The minimum absolute atomic E-state index is 0.0608. The van der Waals surface area contributed by atoms with Crippen LogP contribution >= 0.6 is 0 Å². The number of nitrogens with two attached hydrogens (primary N) is 1. The van der Waals surface area contributed by atoms with E-state index in [4.69, 9.17) is 5.73 Å². The third-order valence-electron chi connectivity index (χ3n) is 4.25. The lowest BCUT2D eigenvalue weighted by atomic mass is 9.99. The lowest BCUT2D eigenvalue weighted by Crippen LogP contribution is -2.55. The summed E-state index contributed by atoms with van der Waals surface area (Å²) in [6, 6.07) is 2.68. The Hall–Kier alpha value is -1.36. The fourth-order valence-electron chi connectivity index (χ4n) is 3.21. The molecule has 2 N–H and O–H groups in total. The van der Waals surface area contributed by atoms with Crippen LogP contribution in [-0.4, -0.2) is 37.1 Å². The van der Waals surface area contributed by atoms with Crippen molar-refractivity contribution in [2.24, 2.45) is 0 Å². The van der Waals surface area contributed by atoms with Gasteiger partial charge in [0.25, 0.3) is 0 Å². The van der Waals surface area contributed by atoms with Crippen molar-refractivity contribution in [3.05, 3.63) is 23.8 Å². The zero-order valence-electron chi connectivity index (χ0n) is 10.9. The van der Waals surface area contributed by atoms with Crippen molar-refractivity contribution in [2.75, 3.05) is 36.8 Å².